The van der Waals surface area contributed by atoms with Gasteiger partial charge in [0.15, 0.2) is 12.4 Å². The van der Waals surface area contributed by atoms with Gasteiger partial charge in [-0.05, 0) is 36.2 Å². The fraction of sp³-hybridized carbons (Fsp3) is 0.136. The number of carbonyl (C=O) groups excluding carboxylic acids is 1. The number of hydrogen-bond acceptors (Lipinski definition) is 4. The third-order valence-electron chi connectivity index (χ3n) is 4.40. The quantitative estimate of drug-likeness (QED) is 0.461. The molecule has 0 aliphatic rings. The van der Waals surface area contributed by atoms with Crippen molar-refractivity contribution in [3.8, 4) is 5.75 Å². The number of aryl methyl sites for hydroxylation is 2. The summed E-state index contributed by atoms with van der Waals surface area (Å²) >= 11 is 5.94. The van der Waals surface area contributed by atoms with Crippen LogP contribution in [0.5, 0.6) is 5.75 Å². The third kappa shape index (κ3) is 5.27. The first-order valence-electron chi connectivity index (χ1n) is 9.45. The van der Waals surface area contributed by atoms with E-state index in [2.05, 4.69) is 27.6 Å². The highest BCUT2D eigenvalue weighted by Crippen LogP contribution is 2.17. The Morgan fingerprint density at radius 2 is 1.93 bits per heavy atom. The fourth-order valence-electron chi connectivity index (χ4n) is 2.89. The smallest absolute Gasteiger partial charge is 0.276 e. The van der Waals surface area contributed by atoms with Gasteiger partial charge in [-0.2, -0.15) is 10.2 Å². The molecule has 0 unspecified atom stereocenters. The van der Waals surface area contributed by atoms with Crippen molar-refractivity contribution in [2.45, 2.75) is 19.7 Å². The van der Waals surface area contributed by atoms with Crippen LogP contribution in [-0.4, -0.2) is 25.5 Å². The second-order valence-corrected chi connectivity index (χ2v) is 7.09. The van der Waals surface area contributed by atoms with Crippen LogP contribution >= 0.6 is 11.6 Å². The molecule has 0 aliphatic carbocycles. The SMILES string of the molecule is O=C(Nc1cnn(CCc2ccccc2)c1)c1ccn(COc2cccc(Cl)c2)n1. The minimum Gasteiger partial charge on any atom is -0.471 e. The molecular formula is C22H20ClN5O2. The number of anilines is 1. The Morgan fingerprint density at radius 3 is 2.77 bits per heavy atom. The van der Waals surface area contributed by atoms with E-state index >= 15 is 0 Å². The molecule has 0 bridgehead atoms. The van der Waals surface area contributed by atoms with Crippen LogP contribution in [-0.2, 0) is 19.7 Å². The molecule has 0 saturated carbocycles. The molecule has 0 atom stereocenters. The van der Waals surface area contributed by atoms with Crippen molar-refractivity contribution in [1.29, 1.82) is 0 Å². The number of nitrogens with zero attached hydrogens (tertiary/aromatic N) is 4. The molecule has 1 N–H and O–H groups in total. The van der Waals surface area contributed by atoms with Gasteiger partial charge in [0, 0.05) is 24.0 Å². The summed E-state index contributed by atoms with van der Waals surface area (Å²) in [4.78, 5) is 12.5. The monoisotopic (exact) mass is 421 g/mol. The number of halogens is 1. The number of ether oxygens (including phenoxy) is 1. The minimum atomic E-state index is -0.306. The molecule has 4 aromatic rings. The standard InChI is InChI=1S/C22H20ClN5O2/c23-18-7-4-8-20(13-18)30-16-28-12-10-21(26-28)22(29)25-19-14-24-27(15-19)11-9-17-5-2-1-3-6-17/h1-8,10,12-15H,9,11,16H2,(H,25,29). The summed E-state index contributed by atoms with van der Waals surface area (Å²) in [6.45, 7) is 0.903. The van der Waals surface area contributed by atoms with Gasteiger partial charge >= 0.3 is 0 Å². The van der Waals surface area contributed by atoms with Crippen molar-refractivity contribution in [2.24, 2.45) is 0 Å². The minimum absolute atomic E-state index is 0.172. The van der Waals surface area contributed by atoms with Crippen LogP contribution in [0.15, 0.2) is 79.3 Å². The first kappa shape index (κ1) is 19.7. The topological polar surface area (TPSA) is 74.0 Å². The van der Waals surface area contributed by atoms with Gasteiger partial charge in [0.2, 0.25) is 0 Å². The van der Waals surface area contributed by atoms with Gasteiger partial charge in [-0.3, -0.25) is 9.48 Å². The molecule has 0 aliphatic heterocycles. The predicted molar refractivity (Wildman–Crippen MR) is 115 cm³/mol. The molecule has 2 aromatic carbocycles. The zero-order chi connectivity index (χ0) is 20.8. The first-order chi connectivity index (χ1) is 14.7. The van der Waals surface area contributed by atoms with Crippen molar-refractivity contribution in [2.75, 3.05) is 5.32 Å². The first-order valence-corrected chi connectivity index (χ1v) is 9.83. The van der Waals surface area contributed by atoms with Crippen molar-refractivity contribution in [1.82, 2.24) is 19.6 Å². The summed E-state index contributed by atoms with van der Waals surface area (Å²) in [7, 11) is 0. The summed E-state index contributed by atoms with van der Waals surface area (Å²) in [5.41, 5.74) is 2.16. The number of nitrogens with one attached hydrogen (secondary N) is 1. The van der Waals surface area contributed by atoms with Crippen LogP contribution in [0.2, 0.25) is 5.02 Å². The summed E-state index contributed by atoms with van der Waals surface area (Å²) in [6.07, 6.45) is 5.98. The van der Waals surface area contributed by atoms with E-state index in [1.165, 1.54) is 5.56 Å². The van der Waals surface area contributed by atoms with E-state index in [1.54, 1.807) is 58.3 Å². The molecule has 0 spiro atoms. The van der Waals surface area contributed by atoms with Crippen molar-refractivity contribution in [3.63, 3.8) is 0 Å². The molecule has 0 fully saturated rings. The molecule has 2 aromatic heterocycles. The lowest BCUT2D eigenvalue weighted by molar-refractivity contribution is 0.102. The lowest BCUT2D eigenvalue weighted by atomic mass is 10.1. The number of hydrogen-bond donors (Lipinski definition) is 1. The van der Waals surface area contributed by atoms with Crippen LogP contribution in [0, 0.1) is 0 Å². The average Bonchev–Trinajstić information content (AvgIpc) is 3.41. The summed E-state index contributed by atoms with van der Waals surface area (Å²) < 4.78 is 8.97. The molecule has 8 heteroatoms. The molecule has 152 valence electrons. The summed E-state index contributed by atoms with van der Waals surface area (Å²) in [5.74, 6) is 0.325. The molecule has 1 amide bonds. The zero-order valence-corrected chi connectivity index (χ0v) is 16.9. The normalized spacial score (nSPS) is 10.7. The number of benzene rings is 2. The van der Waals surface area contributed by atoms with Gasteiger partial charge in [-0.1, -0.05) is 48.0 Å². The van der Waals surface area contributed by atoms with Crippen LogP contribution in [0.3, 0.4) is 0 Å². The van der Waals surface area contributed by atoms with Gasteiger partial charge in [-0.25, -0.2) is 4.68 Å². The Kier molecular flexibility index (Phi) is 6.10. The summed E-state index contributed by atoms with van der Waals surface area (Å²) in [5, 5.41) is 12.0. The molecule has 0 saturated heterocycles. The van der Waals surface area contributed by atoms with Crippen LogP contribution in [0.25, 0.3) is 0 Å². The van der Waals surface area contributed by atoms with Gasteiger partial charge in [-0.15, -0.1) is 0 Å². The van der Waals surface area contributed by atoms with E-state index in [0.29, 0.717) is 22.2 Å². The Hall–Kier alpha value is -3.58. The molecular weight excluding hydrogens is 402 g/mol. The second-order valence-electron chi connectivity index (χ2n) is 6.65. The maximum atomic E-state index is 12.5. The Balaban J connectivity index is 1.29. The van der Waals surface area contributed by atoms with Gasteiger partial charge in [0.1, 0.15) is 5.75 Å². The lowest BCUT2D eigenvalue weighted by Crippen LogP contribution is -2.14. The van der Waals surface area contributed by atoms with Crippen LogP contribution in [0.4, 0.5) is 5.69 Å². The van der Waals surface area contributed by atoms with Gasteiger partial charge in [0.25, 0.3) is 5.91 Å². The zero-order valence-electron chi connectivity index (χ0n) is 16.1. The number of aromatic nitrogens is 4. The van der Waals surface area contributed by atoms with Crippen LogP contribution in [0.1, 0.15) is 16.1 Å². The van der Waals surface area contributed by atoms with E-state index in [9.17, 15) is 4.79 Å². The van der Waals surface area contributed by atoms with Crippen molar-refractivity contribution in [3.05, 3.63) is 95.5 Å². The Bertz CT molecular complexity index is 1120. The molecule has 7 nitrogen and oxygen atoms in total. The van der Waals surface area contributed by atoms with E-state index < -0.39 is 0 Å². The largest absolute Gasteiger partial charge is 0.471 e. The number of amides is 1. The van der Waals surface area contributed by atoms with Crippen molar-refractivity contribution >= 4 is 23.2 Å². The maximum absolute atomic E-state index is 12.5. The van der Waals surface area contributed by atoms with E-state index in [4.69, 9.17) is 16.3 Å². The number of carbonyl (C=O) groups is 1. The van der Waals surface area contributed by atoms with E-state index in [-0.39, 0.29) is 12.6 Å². The molecule has 4 rings (SSSR count). The Morgan fingerprint density at radius 1 is 1.07 bits per heavy atom. The number of rotatable bonds is 8. The summed E-state index contributed by atoms with van der Waals surface area (Å²) in [6, 6.07) is 18.9. The second kappa shape index (κ2) is 9.28. The van der Waals surface area contributed by atoms with E-state index in [1.807, 2.05) is 18.2 Å². The fourth-order valence-corrected chi connectivity index (χ4v) is 3.07. The third-order valence-corrected chi connectivity index (χ3v) is 4.63. The maximum Gasteiger partial charge on any atom is 0.276 e. The van der Waals surface area contributed by atoms with E-state index in [0.717, 1.165) is 13.0 Å². The Labute approximate surface area is 178 Å². The predicted octanol–water partition coefficient (Wildman–Crippen LogP) is 4.26. The average molecular weight is 422 g/mol. The lowest BCUT2D eigenvalue weighted by Gasteiger charge is -2.06. The highest BCUT2D eigenvalue weighted by molar-refractivity contribution is 6.30. The molecule has 2 heterocycles. The van der Waals surface area contributed by atoms with Crippen molar-refractivity contribution < 1.29 is 9.53 Å². The highest BCUT2D eigenvalue weighted by Gasteiger charge is 2.11. The molecule has 0 radical (unpaired) electrons. The molecule has 30 heavy (non-hydrogen) atoms. The van der Waals surface area contributed by atoms with Gasteiger partial charge in [0.05, 0.1) is 11.9 Å². The van der Waals surface area contributed by atoms with Gasteiger partial charge < -0.3 is 10.1 Å². The highest BCUT2D eigenvalue weighted by atomic mass is 35.5. The van der Waals surface area contributed by atoms with Crippen LogP contribution < -0.4 is 10.1 Å².